The maximum Gasteiger partial charge on any atom is 0.246 e. The lowest BCUT2D eigenvalue weighted by Gasteiger charge is -2.35. The molecule has 164 valence electrons. The van der Waals surface area contributed by atoms with Crippen LogP contribution in [0.15, 0.2) is 41.4 Å². The van der Waals surface area contributed by atoms with Crippen molar-refractivity contribution in [1.29, 1.82) is 5.26 Å². The molecular weight excluding hydrogens is 417 g/mol. The lowest BCUT2D eigenvalue weighted by Crippen LogP contribution is -2.43. The molecule has 0 spiro atoms. The normalized spacial score (nSPS) is 20.3. The molecule has 9 heteroatoms. The highest BCUT2D eigenvalue weighted by atomic mass is 32.2. The van der Waals surface area contributed by atoms with E-state index in [2.05, 4.69) is 10.3 Å². The van der Waals surface area contributed by atoms with Crippen LogP contribution in [0, 0.1) is 17.1 Å². The Hall–Kier alpha value is -2.70. The third-order valence-electron chi connectivity index (χ3n) is 5.88. The fraction of sp³-hybridized carbons (Fsp3) is 0.455. The molecule has 2 fully saturated rings. The molecule has 3 heterocycles. The minimum absolute atomic E-state index is 0.0750. The first-order valence-corrected chi connectivity index (χ1v) is 12.1. The molecule has 0 bridgehead atoms. The zero-order valence-corrected chi connectivity index (χ0v) is 18.1. The summed E-state index contributed by atoms with van der Waals surface area (Å²) in [6.45, 7) is 2.28. The number of aromatic nitrogens is 1. The number of nitrogens with zero attached hydrogens (tertiary/aromatic N) is 4. The number of halogens is 1. The molecule has 0 amide bonds. The van der Waals surface area contributed by atoms with E-state index in [4.69, 9.17) is 5.26 Å². The van der Waals surface area contributed by atoms with Crippen LogP contribution in [0.2, 0.25) is 0 Å². The second kappa shape index (κ2) is 9.20. The highest BCUT2D eigenvalue weighted by molar-refractivity contribution is 7.89. The number of rotatable bonds is 5. The summed E-state index contributed by atoms with van der Waals surface area (Å²) < 4.78 is 42.4. The predicted octanol–water partition coefficient (Wildman–Crippen LogP) is 3.35. The largest absolute Gasteiger partial charge is 0.367 e. The van der Waals surface area contributed by atoms with Crippen molar-refractivity contribution >= 4 is 21.5 Å². The van der Waals surface area contributed by atoms with Crippen LogP contribution in [0.3, 0.4) is 0 Å². The van der Waals surface area contributed by atoms with Crippen LogP contribution < -0.4 is 10.2 Å². The number of nitriles is 1. The Morgan fingerprint density at radius 2 is 1.94 bits per heavy atom. The third-order valence-corrected chi connectivity index (χ3v) is 7.81. The third kappa shape index (κ3) is 4.65. The molecule has 31 heavy (non-hydrogen) atoms. The minimum Gasteiger partial charge on any atom is -0.367 e. The van der Waals surface area contributed by atoms with Gasteiger partial charge in [0.1, 0.15) is 16.5 Å². The van der Waals surface area contributed by atoms with Crippen molar-refractivity contribution < 1.29 is 12.8 Å². The first-order chi connectivity index (χ1) is 15.0. The van der Waals surface area contributed by atoms with E-state index in [0.29, 0.717) is 37.7 Å². The molecule has 0 saturated carbocycles. The highest BCUT2D eigenvalue weighted by Crippen LogP contribution is 2.28. The fourth-order valence-electron chi connectivity index (χ4n) is 4.29. The zero-order chi connectivity index (χ0) is 21.8. The van der Waals surface area contributed by atoms with Crippen molar-refractivity contribution in [3.05, 3.63) is 47.9 Å². The van der Waals surface area contributed by atoms with E-state index in [0.717, 1.165) is 32.1 Å². The molecule has 2 aromatic rings. The molecule has 2 aliphatic rings. The number of pyridine rings is 1. The topological polar surface area (TPSA) is 89.3 Å². The summed E-state index contributed by atoms with van der Waals surface area (Å²) >= 11 is 0. The monoisotopic (exact) mass is 443 g/mol. The lowest BCUT2D eigenvalue weighted by molar-refractivity contribution is 0.346. The van der Waals surface area contributed by atoms with Gasteiger partial charge in [-0.15, -0.1) is 0 Å². The van der Waals surface area contributed by atoms with E-state index in [1.807, 2.05) is 11.0 Å². The van der Waals surface area contributed by atoms with Gasteiger partial charge < -0.3 is 10.2 Å². The Labute approximate surface area is 182 Å². The summed E-state index contributed by atoms with van der Waals surface area (Å²) in [5.41, 5.74) is 0.738. The van der Waals surface area contributed by atoms with Crippen LogP contribution in [0.25, 0.3) is 0 Å². The van der Waals surface area contributed by atoms with Gasteiger partial charge in [-0.3, -0.25) is 0 Å². The second-order valence-electron chi connectivity index (χ2n) is 8.02. The van der Waals surface area contributed by atoms with Crippen LogP contribution >= 0.6 is 0 Å². The van der Waals surface area contributed by atoms with Gasteiger partial charge >= 0.3 is 0 Å². The van der Waals surface area contributed by atoms with Gasteiger partial charge in [0.25, 0.3) is 0 Å². The summed E-state index contributed by atoms with van der Waals surface area (Å²) in [5, 5.41) is 12.3. The lowest BCUT2D eigenvalue weighted by atomic mass is 10.0. The quantitative estimate of drug-likeness (QED) is 0.762. The molecule has 0 radical (unpaired) electrons. The zero-order valence-electron chi connectivity index (χ0n) is 17.3. The molecule has 1 atom stereocenters. The van der Waals surface area contributed by atoms with Crippen LogP contribution in [0.5, 0.6) is 0 Å². The van der Waals surface area contributed by atoms with Crippen molar-refractivity contribution in [3.63, 3.8) is 0 Å². The van der Waals surface area contributed by atoms with Crippen molar-refractivity contribution in [2.45, 2.75) is 43.0 Å². The Balaban J connectivity index is 1.53. The number of sulfonamides is 1. The summed E-state index contributed by atoms with van der Waals surface area (Å²) in [6.07, 6.45) is 6.03. The number of nitrogens with one attached hydrogen (secondary N) is 1. The molecule has 7 nitrogen and oxygen atoms in total. The first kappa shape index (κ1) is 21.5. The molecule has 1 aromatic heterocycles. The first-order valence-electron chi connectivity index (χ1n) is 10.7. The predicted molar refractivity (Wildman–Crippen MR) is 117 cm³/mol. The average molecular weight is 444 g/mol. The Morgan fingerprint density at radius 1 is 1.13 bits per heavy atom. The van der Waals surface area contributed by atoms with E-state index < -0.39 is 15.8 Å². The smallest absolute Gasteiger partial charge is 0.246 e. The van der Waals surface area contributed by atoms with Crippen molar-refractivity contribution in [1.82, 2.24) is 9.29 Å². The molecule has 2 saturated heterocycles. The van der Waals surface area contributed by atoms with Gasteiger partial charge in [-0.1, -0.05) is 6.42 Å². The van der Waals surface area contributed by atoms with Gasteiger partial charge in [-0.2, -0.15) is 9.57 Å². The van der Waals surface area contributed by atoms with Gasteiger partial charge in [0.2, 0.25) is 10.0 Å². The fourth-order valence-corrected chi connectivity index (χ4v) is 5.92. The van der Waals surface area contributed by atoms with Crippen molar-refractivity contribution in [3.8, 4) is 6.07 Å². The minimum atomic E-state index is -3.62. The van der Waals surface area contributed by atoms with E-state index in [1.165, 1.54) is 10.4 Å². The Kier molecular flexibility index (Phi) is 6.39. The summed E-state index contributed by atoms with van der Waals surface area (Å²) in [7, 11) is -3.62. The number of hydrogen-bond donors (Lipinski definition) is 1. The van der Waals surface area contributed by atoms with Crippen LogP contribution in [-0.2, 0) is 10.0 Å². The standard InChI is InChI=1S/C22H26FN5O2S/c23-19-14-17(15-24)8-9-20(19)27-11-5-6-18(16-27)26-22-21(7-4-10-25-22)31(29,30)28-12-2-1-3-13-28/h4,7-10,14,18H,1-3,5-6,11-13,16H2,(H,25,26). The van der Waals surface area contributed by atoms with Gasteiger partial charge in [-0.05, 0) is 56.0 Å². The van der Waals surface area contributed by atoms with E-state index in [9.17, 15) is 12.8 Å². The highest BCUT2D eigenvalue weighted by Gasteiger charge is 2.30. The number of benzene rings is 1. The summed E-state index contributed by atoms with van der Waals surface area (Å²) in [6, 6.07) is 9.59. The Morgan fingerprint density at radius 3 is 2.68 bits per heavy atom. The van der Waals surface area contributed by atoms with Gasteiger partial charge in [-0.25, -0.2) is 17.8 Å². The number of piperidine rings is 2. The molecule has 0 aliphatic carbocycles. The summed E-state index contributed by atoms with van der Waals surface area (Å²) in [4.78, 5) is 6.45. The van der Waals surface area contributed by atoms with Gasteiger partial charge in [0, 0.05) is 38.4 Å². The molecule has 2 aliphatic heterocycles. The van der Waals surface area contributed by atoms with E-state index in [-0.39, 0.29) is 16.5 Å². The second-order valence-corrected chi connectivity index (χ2v) is 9.93. The molecular formula is C22H26FN5O2S. The number of hydrogen-bond acceptors (Lipinski definition) is 6. The van der Waals surface area contributed by atoms with Crippen molar-refractivity contribution in [2.75, 3.05) is 36.4 Å². The molecule has 1 unspecified atom stereocenters. The molecule has 4 rings (SSSR count). The van der Waals surface area contributed by atoms with Crippen LogP contribution in [0.4, 0.5) is 15.9 Å². The van der Waals surface area contributed by atoms with E-state index >= 15 is 0 Å². The van der Waals surface area contributed by atoms with Gasteiger partial charge in [0.15, 0.2) is 0 Å². The molecule has 1 N–H and O–H groups in total. The average Bonchev–Trinajstić information content (AvgIpc) is 2.80. The maximum atomic E-state index is 14.5. The Bertz CT molecular complexity index is 1080. The van der Waals surface area contributed by atoms with Crippen LogP contribution in [-0.4, -0.2) is 49.9 Å². The van der Waals surface area contributed by atoms with Gasteiger partial charge in [0.05, 0.1) is 17.3 Å². The van der Waals surface area contributed by atoms with Crippen molar-refractivity contribution in [2.24, 2.45) is 0 Å². The SMILES string of the molecule is N#Cc1ccc(N2CCCC(Nc3ncccc3S(=O)(=O)N3CCCCC3)C2)c(F)c1. The molecule has 1 aromatic carbocycles. The van der Waals surface area contributed by atoms with E-state index in [1.54, 1.807) is 30.5 Å². The van der Waals surface area contributed by atoms with Crippen LogP contribution in [0.1, 0.15) is 37.7 Å². The number of anilines is 2. The maximum absolute atomic E-state index is 14.5. The summed E-state index contributed by atoms with van der Waals surface area (Å²) in [5.74, 6) is -0.0777.